The van der Waals surface area contributed by atoms with E-state index in [9.17, 15) is 4.79 Å². The van der Waals surface area contributed by atoms with Gasteiger partial charge in [-0.3, -0.25) is 4.79 Å². The van der Waals surface area contributed by atoms with Crippen molar-refractivity contribution in [2.24, 2.45) is 5.92 Å². The number of hydrogen-bond donors (Lipinski definition) is 1. The molecular formula is C14H19NO2. The minimum Gasteiger partial charge on any atom is -0.497 e. The number of carbonyl (C=O) groups excluding carboxylic acids is 1. The summed E-state index contributed by atoms with van der Waals surface area (Å²) in [4.78, 5) is 11.1. The standard InChI is InChI=1S/C14H19NO2/c1-17-14-4-2-3-12(9-14)15-10-11-5-7-13(16)8-6-11/h2-4,9,11,15H,5-8,10H2,1H3. The van der Waals surface area contributed by atoms with Gasteiger partial charge in [-0.05, 0) is 30.9 Å². The molecule has 1 saturated carbocycles. The maximum absolute atomic E-state index is 11.1. The molecule has 0 spiro atoms. The Morgan fingerprint density at radius 2 is 2.12 bits per heavy atom. The van der Waals surface area contributed by atoms with Crippen molar-refractivity contribution in [1.82, 2.24) is 0 Å². The summed E-state index contributed by atoms with van der Waals surface area (Å²) in [6.45, 7) is 0.945. The highest BCUT2D eigenvalue weighted by atomic mass is 16.5. The Morgan fingerprint density at radius 1 is 1.35 bits per heavy atom. The molecule has 2 rings (SSSR count). The third-order valence-corrected chi connectivity index (χ3v) is 3.33. The number of Topliss-reactive ketones (excluding diaryl/α,β-unsaturated/α-hetero) is 1. The Labute approximate surface area is 102 Å². The first-order valence-electron chi connectivity index (χ1n) is 6.17. The molecule has 3 heteroatoms. The average molecular weight is 233 g/mol. The number of rotatable bonds is 4. The molecule has 0 bridgehead atoms. The summed E-state index contributed by atoms with van der Waals surface area (Å²) in [5, 5.41) is 3.41. The molecule has 1 aliphatic carbocycles. The molecule has 0 amide bonds. The summed E-state index contributed by atoms with van der Waals surface area (Å²) in [5.74, 6) is 1.91. The monoisotopic (exact) mass is 233 g/mol. The van der Waals surface area contributed by atoms with Gasteiger partial charge in [0.05, 0.1) is 7.11 Å². The highest BCUT2D eigenvalue weighted by Crippen LogP contribution is 2.23. The summed E-state index contributed by atoms with van der Waals surface area (Å²) in [6, 6.07) is 7.94. The van der Waals surface area contributed by atoms with Gasteiger partial charge in [-0.25, -0.2) is 0 Å². The van der Waals surface area contributed by atoms with Crippen LogP contribution in [0.15, 0.2) is 24.3 Å². The van der Waals surface area contributed by atoms with Gasteiger partial charge in [0, 0.05) is 31.1 Å². The molecule has 92 valence electrons. The second-order valence-electron chi connectivity index (χ2n) is 4.59. The van der Waals surface area contributed by atoms with Gasteiger partial charge in [-0.2, -0.15) is 0 Å². The van der Waals surface area contributed by atoms with Crippen molar-refractivity contribution < 1.29 is 9.53 Å². The van der Waals surface area contributed by atoms with Crippen molar-refractivity contribution in [3.8, 4) is 5.75 Å². The molecule has 17 heavy (non-hydrogen) atoms. The number of carbonyl (C=O) groups is 1. The number of hydrogen-bond acceptors (Lipinski definition) is 3. The lowest BCUT2D eigenvalue weighted by Crippen LogP contribution is -2.20. The molecule has 0 aliphatic heterocycles. The molecule has 0 saturated heterocycles. The second-order valence-corrected chi connectivity index (χ2v) is 4.59. The SMILES string of the molecule is COc1cccc(NCC2CCC(=O)CC2)c1. The number of nitrogens with one attached hydrogen (secondary N) is 1. The fraction of sp³-hybridized carbons (Fsp3) is 0.500. The van der Waals surface area contributed by atoms with Crippen molar-refractivity contribution in [1.29, 1.82) is 0 Å². The zero-order valence-corrected chi connectivity index (χ0v) is 10.2. The molecule has 1 fully saturated rings. The van der Waals surface area contributed by atoms with E-state index in [1.165, 1.54) is 0 Å². The van der Waals surface area contributed by atoms with Crippen LogP contribution >= 0.6 is 0 Å². The molecule has 1 aromatic rings. The lowest BCUT2D eigenvalue weighted by molar-refractivity contribution is -0.120. The van der Waals surface area contributed by atoms with E-state index in [2.05, 4.69) is 5.32 Å². The minimum atomic E-state index is 0.419. The highest BCUT2D eigenvalue weighted by Gasteiger charge is 2.18. The number of methoxy groups -OCH3 is 1. The van der Waals surface area contributed by atoms with E-state index in [-0.39, 0.29) is 0 Å². The Morgan fingerprint density at radius 3 is 2.82 bits per heavy atom. The van der Waals surface area contributed by atoms with Gasteiger partial charge in [-0.15, -0.1) is 0 Å². The van der Waals surface area contributed by atoms with Gasteiger partial charge in [0.25, 0.3) is 0 Å². The molecule has 0 radical (unpaired) electrons. The summed E-state index contributed by atoms with van der Waals surface area (Å²) in [7, 11) is 1.67. The molecule has 0 aromatic heterocycles. The first kappa shape index (κ1) is 12.0. The Kier molecular flexibility index (Phi) is 4.02. The Hall–Kier alpha value is -1.51. The normalized spacial score (nSPS) is 16.9. The first-order chi connectivity index (χ1) is 8.28. The summed E-state index contributed by atoms with van der Waals surface area (Å²) >= 11 is 0. The predicted octanol–water partition coefficient (Wildman–Crippen LogP) is 2.87. The van der Waals surface area contributed by atoms with Crippen molar-refractivity contribution in [3.05, 3.63) is 24.3 Å². The fourth-order valence-electron chi connectivity index (χ4n) is 2.20. The number of anilines is 1. The van der Waals surface area contributed by atoms with Crippen LogP contribution in [0.25, 0.3) is 0 Å². The molecule has 0 heterocycles. The third kappa shape index (κ3) is 3.48. The third-order valence-electron chi connectivity index (χ3n) is 3.33. The van der Waals surface area contributed by atoms with Crippen LogP contribution < -0.4 is 10.1 Å². The highest BCUT2D eigenvalue weighted by molar-refractivity contribution is 5.79. The van der Waals surface area contributed by atoms with Gasteiger partial charge in [0.15, 0.2) is 0 Å². The van der Waals surface area contributed by atoms with Crippen LogP contribution in [-0.2, 0) is 4.79 Å². The zero-order valence-electron chi connectivity index (χ0n) is 10.2. The van der Waals surface area contributed by atoms with E-state index in [0.29, 0.717) is 11.7 Å². The van der Waals surface area contributed by atoms with E-state index in [1.807, 2.05) is 24.3 Å². The maximum Gasteiger partial charge on any atom is 0.132 e. The van der Waals surface area contributed by atoms with Crippen molar-refractivity contribution in [3.63, 3.8) is 0 Å². The van der Waals surface area contributed by atoms with Gasteiger partial charge >= 0.3 is 0 Å². The lowest BCUT2D eigenvalue weighted by Gasteiger charge is -2.21. The average Bonchev–Trinajstić information content (AvgIpc) is 2.38. The molecule has 0 atom stereocenters. The van der Waals surface area contributed by atoms with E-state index in [1.54, 1.807) is 7.11 Å². The summed E-state index contributed by atoms with van der Waals surface area (Å²) in [5.41, 5.74) is 1.08. The van der Waals surface area contributed by atoms with Crippen LogP contribution in [0.1, 0.15) is 25.7 Å². The second kappa shape index (κ2) is 5.71. The van der Waals surface area contributed by atoms with Crippen LogP contribution in [0, 0.1) is 5.92 Å². The lowest BCUT2D eigenvalue weighted by atomic mass is 9.88. The van der Waals surface area contributed by atoms with Gasteiger partial charge in [0.1, 0.15) is 11.5 Å². The molecule has 1 aliphatic rings. The Balaban J connectivity index is 1.82. The van der Waals surface area contributed by atoms with Crippen molar-refractivity contribution in [2.75, 3.05) is 19.0 Å². The van der Waals surface area contributed by atoms with Crippen LogP contribution in [-0.4, -0.2) is 19.4 Å². The first-order valence-corrected chi connectivity index (χ1v) is 6.17. The quantitative estimate of drug-likeness (QED) is 0.869. The van der Waals surface area contributed by atoms with Crippen molar-refractivity contribution in [2.45, 2.75) is 25.7 Å². The van der Waals surface area contributed by atoms with Gasteiger partial charge in [0.2, 0.25) is 0 Å². The van der Waals surface area contributed by atoms with E-state index >= 15 is 0 Å². The van der Waals surface area contributed by atoms with Gasteiger partial charge in [-0.1, -0.05) is 6.07 Å². The predicted molar refractivity (Wildman–Crippen MR) is 68.4 cm³/mol. The topological polar surface area (TPSA) is 38.3 Å². The summed E-state index contributed by atoms with van der Waals surface area (Å²) < 4.78 is 5.18. The molecule has 0 unspecified atom stereocenters. The largest absolute Gasteiger partial charge is 0.497 e. The van der Waals surface area contributed by atoms with Gasteiger partial charge < -0.3 is 10.1 Å². The van der Waals surface area contributed by atoms with Crippen LogP contribution in [0.4, 0.5) is 5.69 Å². The molecule has 1 aromatic carbocycles. The van der Waals surface area contributed by atoms with Crippen LogP contribution in [0.2, 0.25) is 0 Å². The number of benzene rings is 1. The molecular weight excluding hydrogens is 214 g/mol. The number of ether oxygens (including phenoxy) is 1. The molecule has 1 N–H and O–H groups in total. The zero-order chi connectivity index (χ0) is 12.1. The minimum absolute atomic E-state index is 0.419. The van der Waals surface area contributed by atoms with Crippen LogP contribution in [0.3, 0.4) is 0 Å². The van der Waals surface area contributed by atoms with Crippen molar-refractivity contribution >= 4 is 11.5 Å². The van der Waals surface area contributed by atoms with E-state index in [0.717, 1.165) is 43.7 Å². The molecule has 3 nitrogen and oxygen atoms in total. The van der Waals surface area contributed by atoms with E-state index in [4.69, 9.17) is 4.74 Å². The Bertz CT molecular complexity index is 380. The maximum atomic E-state index is 11.1. The summed E-state index contributed by atoms with van der Waals surface area (Å²) in [6.07, 6.45) is 3.56. The number of ketones is 1. The van der Waals surface area contributed by atoms with Crippen LogP contribution in [0.5, 0.6) is 5.75 Å². The van der Waals surface area contributed by atoms with E-state index < -0.39 is 0 Å². The fourth-order valence-corrected chi connectivity index (χ4v) is 2.20. The smallest absolute Gasteiger partial charge is 0.132 e.